The van der Waals surface area contributed by atoms with Gasteiger partial charge in [-0.2, -0.15) is 0 Å². The zero-order valence-electron chi connectivity index (χ0n) is 11.6. The van der Waals surface area contributed by atoms with Crippen LogP contribution in [-0.2, 0) is 14.4 Å². The van der Waals surface area contributed by atoms with E-state index in [9.17, 15) is 19.2 Å². The van der Waals surface area contributed by atoms with Gasteiger partial charge in [0.2, 0.25) is 17.7 Å². The summed E-state index contributed by atoms with van der Waals surface area (Å²) in [6.07, 6.45) is 0.0113. The molecule has 0 radical (unpaired) electrons. The van der Waals surface area contributed by atoms with Gasteiger partial charge in [-0.1, -0.05) is 0 Å². The highest BCUT2D eigenvalue weighted by Crippen LogP contribution is 2.10. The van der Waals surface area contributed by atoms with E-state index in [-0.39, 0.29) is 24.4 Å². The first-order valence-corrected chi connectivity index (χ1v) is 6.09. The van der Waals surface area contributed by atoms with Crippen molar-refractivity contribution in [3.05, 3.63) is 0 Å². The predicted octanol–water partition coefficient (Wildman–Crippen LogP) is 0.00570. The van der Waals surface area contributed by atoms with Gasteiger partial charge in [0.1, 0.15) is 5.92 Å². The number of imide groups is 2. The summed E-state index contributed by atoms with van der Waals surface area (Å²) in [5, 5.41) is 4.81. The van der Waals surface area contributed by atoms with E-state index in [2.05, 4.69) is 10.6 Å². The third kappa shape index (κ3) is 4.04. The predicted molar refractivity (Wildman–Crippen MR) is 66.9 cm³/mol. The minimum Gasteiger partial charge on any atom is -0.351 e. The van der Waals surface area contributed by atoms with E-state index in [0.29, 0.717) is 0 Å². The van der Waals surface area contributed by atoms with Crippen LogP contribution in [0.15, 0.2) is 0 Å². The van der Waals surface area contributed by atoms with Crippen LogP contribution in [-0.4, -0.2) is 40.7 Å². The number of carbonyl (C=O) groups excluding carboxylic acids is 4. The van der Waals surface area contributed by atoms with Crippen molar-refractivity contribution >= 4 is 23.8 Å². The number of amides is 5. The van der Waals surface area contributed by atoms with Gasteiger partial charge in [-0.05, 0) is 27.7 Å². The smallest absolute Gasteiger partial charge is 0.330 e. The molecule has 1 aliphatic rings. The molecule has 1 aliphatic heterocycles. The Kier molecular flexibility index (Phi) is 4.28. The van der Waals surface area contributed by atoms with Crippen molar-refractivity contribution in [1.82, 2.24) is 15.5 Å². The number of nitrogens with zero attached hydrogens (tertiary/aromatic N) is 1. The quantitative estimate of drug-likeness (QED) is 0.705. The third-order valence-corrected chi connectivity index (χ3v) is 2.58. The van der Waals surface area contributed by atoms with Crippen LogP contribution in [0, 0.1) is 5.92 Å². The molecule has 0 aliphatic carbocycles. The molecule has 1 rings (SSSR count). The monoisotopic (exact) mass is 269 g/mol. The molecule has 0 bridgehead atoms. The molecule has 106 valence electrons. The lowest BCUT2D eigenvalue weighted by Gasteiger charge is -2.28. The molecule has 7 nitrogen and oxygen atoms in total. The number of rotatable bonds is 3. The van der Waals surface area contributed by atoms with E-state index in [1.54, 1.807) is 0 Å². The normalized spacial score (nSPS) is 20.3. The number of hydrogen-bond donors (Lipinski definition) is 2. The molecule has 1 fully saturated rings. The maximum Gasteiger partial charge on any atom is 0.330 e. The van der Waals surface area contributed by atoms with Gasteiger partial charge in [0.25, 0.3) is 0 Å². The van der Waals surface area contributed by atoms with Crippen molar-refractivity contribution in [2.75, 3.05) is 6.54 Å². The molecular weight excluding hydrogens is 250 g/mol. The Morgan fingerprint density at radius 3 is 2.42 bits per heavy atom. The summed E-state index contributed by atoms with van der Waals surface area (Å²) < 4.78 is 0. The molecule has 0 aromatic heterocycles. The maximum atomic E-state index is 11.8. The molecule has 1 unspecified atom stereocenters. The second-order valence-corrected chi connectivity index (χ2v) is 5.55. The largest absolute Gasteiger partial charge is 0.351 e. The summed E-state index contributed by atoms with van der Waals surface area (Å²) in [7, 11) is 0. The minimum absolute atomic E-state index is 0.0113. The van der Waals surface area contributed by atoms with Crippen molar-refractivity contribution in [2.24, 2.45) is 5.92 Å². The van der Waals surface area contributed by atoms with Crippen molar-refractivity contribution in [1.29, 1.82) is 0 Å². The topological polar surface area (TPSA) is 95.6 Å². The fourth-order valence-corrected chi connectivity index (χ4v) is 1.63. The molecule has 0 spiro atoms. The van der Waals surface area contributed by atoms with Gasteiger partial charge in [-0.25, -0.2) is 4.79 Å². The summed E-state index contributed by atoms with van der Waals surface area (Å²) in [5.74, 6) is -2.33. The molecule has 1 atom stereocenters. The molecule has 0 aromatic carbocycles. The van der Waals surface area contributed by atoms with Gasteiger partial charge in [-0.15, -0.1) is 0 Å². The van der Waals surface area contributed by atoms with Gasteiger partial charge in [0.05, 0.1) is 0 Å². The number of barbiturate groups is 1. The van der Waals surface area contributed by atoms with Crippen LogP contribution >= 0.6 is 0 Å². The highest BCUT2D eigenvalue weighted by molar-refractivity contribution is 6.15. The summed E-state index contributed by atoms with van der Waals surface area (Å²) in [6, 6.07) is -0.767. The first kappa shape index (κ1) is 15.1. The van der Waals surface area contributed by atoms with Crippen molar-refractivity contribution in [2.45, 2.75) is 39.7 Å². The Bertz CT molecular complexity index is 425. The first-order chi connectivity index (χ1) is 8.61. The van der Waals surface area contributed by atoms with E-state index in [4.69, 9.17) is 0 Å². The Hall–Kier alpha value is -1.92. The van der Waals surface area contributed by atoms with Gasteiger partial charge in [0.15, 0.2) is 0 Å². The second kappa shape index (κ2) is 5.38. The maximum absolute atomic E-state index is 11.8. The molecule has 1 saturated heterocycles. The van der Waals surface area contributed by atoms with Crippen LogP contribution in [0.4, 0.5) is 4.79 Å². The zero-order chi connectivity index (χ0) is 14.8. The summed E-state index contributed by atoms with van der Waals surface area (Å²) in [5.41, 5.74) is -0.367. The number of nitrogens with one attached hydrogen (secondary N) is 2. The molecule has 2 N–H and O–H groups in total. The summed E-state index contributed by atoms with van der Waals surface area (Å²) in [4.78, 5) is 47.0. The lowest BCUT2D eigenvalue weighted by molar-refractivity contribution is -0.141. The van der Waals surface area contributed by atoms with E-state index in [0.717, 1.165) is 4.90 Å². The minimum atomic E-state index is -0.900. The standard InChI is InChI=1S/C12H19N3O4/c1-7-9(17)13-11(19)15(10(7)18)6-5-8(16)14-12(2,3)4/h7H,5-6H2,1-4H3,(H,14,16)(H,13,17,19). The highest BCUT2D eigenvalue weighted by atomic mass is 16.2. The first-order valence-electron chi connectivity index (χ1n) is 6.09. The molecule has 0 aromatic rings. The van der Waals surface area contributed by atoms with Crippen molar-refractivity contribution < 1.29 is 19.2 Å². The summed E-state index contributed by atoms with van der Waals surface area (Å²) >= 11 is 0. The van der Waals surface area contributed by atoms with Crippen LogP contribution in [0.1, 0.15) is 34.1 Å². The fourth-order valence-electron chi connectivity index (χ4n) is 1.63. The molecule has 5 amide bonds. The van der Waals surface area contributed by atoms with Gasteiger partial charge < -0.3 is 5.32 Å². The molecule has 0 saturated carbocycles. The highest BCUT2D eigenvalue weighted by Gasteiger charge is 2.37. The third-order valence-electron chi connectivity index (χ3n) is 2.58. The van der Waals surface area contributed by atoms with Crippen molar-refractivity contribution in [3.8, 4) is 0 Å². The molecule has 7 heteroatoms. The van der Waals surface area contributed by atoms with Crippen LogP contribution < -0.4 is 10.6 Å². The lowest BCUT2D eigenvalue weighted by Crippen LogP contribution is -2.57. The van der Waals surface area contributed by atoms with E-state index < -0.39 is 23.8 Å². The molecule has 19 heavy (non-hydrogen) atoms. The Balaban J connectivity index is 2.57. The average molecular weight is 269 g/mol. The van der Waals surface area contributed by atoms with E-state index in [1.165, 1.54) is 6.92 Å². The number of urea groups is 1. The number of hydrogen-bond acceptors (Lipinski definition) is 4. The zero-order valence-corrected chi connectivity index (χ0v) is 11.6. The van der Waals surface area contributed by atoms with E-state index in [1.807, 2.05) is 20.8 Å². The van der Waals surface area contributed by atoms with Gasteiger partial charge >= 0.3 is 6.03 Å². The van der Waals surface area contributed by atoms with Crippen LogP contribution in [0.2, 0.25) is 0 Å². The fraction of sp³-hybridized carbons (Fsp3) is 0.667. The van der Waals surface area contributed by atoms with Crippen LogP contribution in [0.5, 0.6) is 0 Å². The Labute approximate surface area is 111 Å². The van der Waals surface area contributed by atoms with Crippen LogP contribution in [0.3, 0.4) is 0 Å². The van der Waals surface area contributed by atoms with Crippen LogP contribution in [0.25, 0.3) is 0 Å². The summed E-state index contributed by atoms with van der Waals surface area (Å²) in [6.45, 7) is 6.90. The Morgan fingerprint density at radius 2 is 1.89 bits per heavy atom. The lowest BCUT2D eigenvalue weighted by atomic mass is 10.1. The number of carbonyl (C=O) groups is 4. The van der Waals surface area contributed by atoms with Crippen molar-refractivity contribution in [3.63, 3.8) is 0 Å². The molecular formula is C12H19N3O4. The second-order valence-electron chi connectivity index (χ2n) is 5.55. The van der Waals surface area contributed by atoms with Gasteiger partial charge in [0, 0.05) is 18.5 Å². The Morgan fingerprint density at radius 1 is 1.32 bits per heavy atom. The molecule has 1 heterocycles. The van der Waals surface area contributed by atoms with E-state index >= 15 is 0 Å². The average Bonchev–Trinajstić information content (AvgIpc) is 2.23. The SMILES string of the molecule is CC1C(=O)NC(=O)N(CCC(=O)NC(C)(C)C)C1=O. The van der Waals surface area contributed by atoms with Gasteiger partial charge in [-0.3, -0.25) is 24.6 Å².